The number of hydrogen-bond donors (Lipinski definition) is 1. The Hall–Kier alpha value is -1.26. The fraction of sp³-hybridized carbons (Fsp3) is 0.619. The molecule has 4 aliphatic rings. The summed E-state index contributed by atoms with van der Waals surface area (Å²) in [6, 6.07) is 5.13. The van der Waals surface area contributed by atoms with Gasteiger partial charge in [-0.3, -0.25) is 9.59 Å². The summed E-state index contributed by atoms with van der Waals surface area (Å²) < 4.78 is 5.28. The number of ether oxygens (including phenoxy) is 1. The lowest BCUT2D eigenvalue weighted by Crippen LogP contribution is -2.47. The Morgan fingerprint density at radius 2 is 1.70 bits per heavy atom. The van der Waals surface area contributed by atoms with Crippen molar-refractivity contribution < 1.29 is 14.3 Å². The Kier molecular flexibility index (Phi) is 5.39. The Morgan fingerprint density at radius 3 is 2.30 bits per heavy atom. The van der Waals surface area contributed by atoms with Crippen molar-refractivity contribution in [1.82, 2.24) is 5.32 Å². The van der Waals surface area contributed by atoms with Crippen molar-refractivity contribution >= 4 is 35.1 Å². The molecule has 4 nitrogen and oxygen atoms in total. The molecule has 1 N–H and O–H groups in total. The van der Waals surface area contributed by atoms with Crippen LogP contribution in [0.3, 0.4) is 0 Å². The molecule has 4 fully saturated rings. The second kappa shape index (κ2) is 7.63. The van der Waals surface area contributed by atoms with Crippen molar-refractivity contribution in [3.63, 3.8) is 0 Å². The number of esters is 1. The van der Waals surface area contributed by atoms with Crippen LogP contribution in [0.15, 0.2) is 18.2 Å². The summed E-state index contributed by atoms with van der Waals surface area (Å²) in [6.07, 6.45) is 8.00. The number of halogens is 2. The summed E-state index contributed by atoms with van der Waals surface area (Å²) >= 11 is 12.0. The van der Waals surface area contributed by atoms with Gasteiger partial charge in [-0.2, -0.15) is 0 Å². The van der Waals surface area contributed by atoms with Crippen LogP contribution in [0, 0.1) is 23.2 Å². The molecule has 0 unspecified atom stereocenters. The largest absolute Gasteiger partial charge is 0.456 e. The Morgan fingerprint density at radius 1 is 1.07 bits per heavy atom. The minimum absolute atomic E-state index is 0.138. The standard InChI is InChI=1S/C21H25Cl2NO3/c22-17-2-1-16(18(23)6-17)11-24-19(25)12-27-20(26)10-21-7-13-3-14(8-21)5-15(4-13)9-21/h1-2,6,13-15H,3-5,7-12H2,(H,24,25). The molecule has 0 saturated heterocycles. The molecule has 1 aromatic carbocycles. The fourth-order valence-electron chi connectivity index (χ4n) is 5.92. The summed E-state index contributed by atoms with van der Waals surface area (Å²) in [5.74, 6) is 1.85. The quantitative estimate of drug-likeness (QED) is 0.688. The average molecular weight is 410 g/mol. The lowest BCUT2D eigenvalue weighted by Gasteiger charge is -2.56. The molecule has 1 aromatic rings. The Balaban J connectivity index is 1.23. The first kappa shape index (κ1) is 19.1. The van der Waals surface area contributed by atoms with E-state index in [-0.39, 0.29) is 30.4 Å². The van der Waals surface area contributed by atoms with E-state index in [0.29, 0.717) is 16.5 Å². The summed E-state index contributed by atoms with van der Waals surface area (Å²) in [4.78, 5) is 24.4. The monoisotopic (exact) mass is 409 g/mol. The van der Waals surface area contributed by atoms with Gasteiger partial charge in [-0.15, -0.1) is 0 Å². The zero-order valence-corrected chi connectivity index (χ0v) is 16.8. The molecular formula is C21H25Cl2NO3. The van der Waals surface area contributed by atoms with Crippen LogP contribution in [0.5, 0.6) is 0 Å². The van der Waals surface area contributed by atoms with Crippen LogP contribution in [-0.4, -0.2) is 18.5 Å². The van der Waals surface area contributed by atoms with Gasteiger partial charge in [0.1, 0.15) is 0 Å². The van der Waals surface area contributed by atoms with Crippen LogP contribution < -0.4 is 5.32 Å². The molecule has 0 radical (unpaired) electrons. The van der Waals surface area contributed by atoms with Gasteiger partial charge in [-0.25, -0.2) is 0 Å². The number of carbonyl (C=O) groups is 2. The SMILES string of the molecule is O=C(COC(=O)CC12CC3CC(CC(C3)C1)C2)NCc1ccc(Cl)cc1Cl. The molecule has 5 rings (SSSR count). The van der Waals surface area contributed by atoms with Crippen molar-refractivity contribution in [2.45, 2.75) is 51.5 Å². The third kappa shape index (κ3) is 4.43. The van der Waals surface area contributed by atoms with E-state index in [9.17, 15) is 9.59 Å². The lowest BCUT2D eigenvalue weighted by atomic mass is 9.49. The Bertz CT molecular complexity index is 714. The van der Waals surface area contributed by atoms with Gasteiger partial charge >= 0.3 is 5.97 Å². The molecule has 1 amide bonds. The van der Waals surface area contributed by atoms with Crippen molar-refractivity contribution in [3.8, 4) is 0 Å². The minimum Gasteiger partial charge on any atom is -0.456 e. The molecule has 0 atom stereocenters. The van der Waals surface area contributed by atoms with Crippen molar-refractivity contribution in [1.29, 1.82) is 0 Å². The van der Waals surface area contributed by atoms with E-state index >= 15 is 0 Å². The van der Waals surface area contributed by atoms with Gasteiger partial charge in [0.2, 0.25) is 0 Å². The summed E-state index contributed by atoms with van der Waals surface area (Å²) in [7, 11) is 0. The van der Waals surface area contributed by atoms with Crippen LogP contribution in [-0.2, 0) is 20.9 Å². The molecule has 4 saturated carbocycles. The first-order valence-electron chi connectivity index (χ1n) is 9.77. The third-order valence-electron chi connectivity index (χ3n) is 6.54. The van der Waals surface area contributed by atoms with Crippen LogP contribution in [0.25, 0.3) is 0 Å². The first-order valence-corrected chi connectivity index (χ1v) is 10.5. The molecule has 146 valence electrons. The van der Waals surface area contributed by atoms with Gasteiger partial charge in [0, 0.05) is 16.6 Å². The summed E-state index contributed by atoms with van der Waals surface area (Å²) in [5, 5.41) is 3.78. The summed E-state index contributed by atoms with van der Waals surface area (Å²) in [5.41, 5.74) is 0.911. The Labute approximate surface area is 169 Å². The molecular weight excluding hydrogens is 385 g/mol. The van der Waals surface area contributed by atoms with Gasteiger partial charge in [0.05, 0.1) is 6.42 Å². The molecule has 27 heavy (non-hydrogen) atoms. The van der Waals surface area contributed by atoms with E-state index < -0.39 is 0 Å². The average Bonchev–Trinajstić information content (AvgIpc) is 2.57. The highest BCUT2D eigenvalue weighted by Crippen LogP contribution is 2.61. The van der Waals surface area contributed by atoms with Gasteiger partial charge < -0.3 is 10.1 Å². The first-order chi connectivity index (χ1) is 12.9. The van der Waals surface area contributed by atoms with E-state index in [1.54, 1.807) is 18.2 Å². The number of hydrogen-bond acceptors (Lipinski definition) is 3. The fourth-order valence-corrected chi connectivity index (χ4v) is 6.39. The topological polar surface area (TPSA) is 55.4 Å². The molecule has 6 heteroatoms. The molecule has 0 aromatic heterocycles. The van der Waals surface area contributed by atoms with Crippen molar-refractivity contribution in [2.75, 3.05) is 6.61 Å². The van der Waals surface area contributed by atoms with Crippen molar-refractivity contribution in [2.24, 2.45) is 23.2 Å². The zero-order valence-electron chi connectivity index (χ0n) is 15.3. The van der Waals surface area contributed by atoms with E-state index in [2.05, 4.69) is 5.32 Å². The van der Waals surface area contributed by atoms with Gasteiger partial charge in [0.15, 0.2) is 6.61 Å². The van der Waals surface area contributed by atoms with E-state index in [4.69, 9.17) is 27.9 Å². The van der Waals surface area contributed by atoms with E-state index in [1.807, 2.05) is 0 Å². The number of amides is 1. The predicted molar refractivity (Wildman–Crippen MR) is 104 cm³/mol. The van der Waals surface area contributed by atoms with Crippen molar-refractivity contribution in [3.05, 3.63) is 33.8 Å². The predicted octanol–water partition coefficient (Wildman–Crippen LogP) is 4.76. The second-order valence-corrected chi connectivity index (χ2v) is 9.61. The van der Waals surface area contributed by atoms with Gasteiger partial charge in [0.25, 0.3) is 5.91 Å². The molecule has 4 aliphatic carbocycles. The summed E-state index contributed by atoms with van der Waals surface area (Å²) in [6.45, 7) is 0.0395. The molecule has 0 heterocycles. The van der Waals surface area contributed by atoms with Crippen LogP contribution in [0.1, 0.15) is 50.5 Å². The van der Waals surface area contributed by atoms with Gasteiger partial charge in [-0.05, 0) is 79.4 Å². The zero-order chi connectivity index (χ0) is 19.0. The maximum atomic E-state index is 12.4. The smallest absolute Gasteiger partial charge is 0.306 e. The van der Waals surface area contributed by atoms with Crippen LogP contribution in [0.2, 0.25) is 10.0 Å². The number of carbonyl (C=O) groups excluding carboxylic acids is 2. The molecule has 4 bridgehead atoms. The maximum Gasteiger partial charge on any atom is 0.306 e. The lowest BCUT2D eigenvalue weighted by molar-refractivity contribution is -0.155. The number of rotatable bonds is 6. The molecule has 0 aliphatic heterocycles. The van der Waals surface area contributed by atoms with E-state index in [0.717, 1.165) is 42.6 Å². The highest BCUT2D eigenvalue weighted by molar-refractivity contribution is 6.35. The third-order valence-corrected chi connectivity index (χ3v) is 7.13. The maximum absolute atomic E-state index is 12.4. The van der Waals surface area contributed by atoms with Crippen LogP contribution in [0.4, 0.5) is 0 Å². The highest BCUT2D eigenvalue weighted by atomic mass is 35.5. The number of nitrogens with one attached hydrogen (secondary N) is 1. The van der Waals surface area contributed by atoms with Gasteiger partial charge in [-0.1, -0.05) is 29.3 Å². The number of benzene rings is 1. The minimum atomic E-state index is -0.320. The normalized spacial score (nSPS) is 31.0. The van der Waals surface area contributed by atoms with Crippen LogP contribution >= 0.6 is 23.2 Å². The van der Waals surface area contributed by atoms with E-state index in [1.165, 1.54) is 19.3 Å². The second-order valence-electron chi connectivity index (χ2n) is 8.77. The highest BCUT2D eigenvalue weighted by Gasteiger charge is 2.51. The molecule has 0 spiro atoms.